The van der Waals surface area contributed by atoms with Crippen molar-refractivity contribution in [3.05, 3.63) is 87.6 Å². The second-order valence-corrected chi connectivity index (χ2v) is 8.10. The molecular weight excluding hydrogens is 368 g/mol. The average Bonchev–Trinajstić information content (AvgIpc) is 3.12. The number of hydrogen-bond acceptors (Lipinski definition) is 3. The Kier molecular flexibility index (Phi) is 6.26. The number of nitrogens with one attached hydrogen (secondary N) is 1. The van der Waals surface area contributed by atoms with Gasteiger partial charge < -0.3 is 10.2 Å². The van der Waals surface area contributed by atoms with E-state index in [4.69, 9.17) is 0 Å². The Hall–Kier alpha value is -2.92. The van der Waals surface area contributed by atoms with Gasteiger partial charge in [0.15, 0.2) is 0 Å². The van der Waals surface area contributed by atoms with E-state index in [2.05, 4.69) is 5.32 Å². The molecule has 0 aliphatic rings. The molecule has 0 radical (unpaired) electrons. The van der Waals surface area contributed by atoms with E-state index in [0.717, 1.165) is 26.6 Å². The van der Waals surface area contributed by atoms with Gasteiger partial charge in [-0.05, 0) is 49.2 Å². The molecule has 1 atom stereocenters. The van der Waals surface area contributed by atoms with Gasteiger partial charge in [0.2, 0.25) is 5.91 Å². The minimum absolute atomic E-state index is 0.0133. The molecule has 2 aromatic carbocycles. The number of anilines is 1. The first-order valence-electron chi connectivity index (χ1n) is 9.23. The monoisotopic (exact) mass is 392 g/mol. The highest BCUT2D eigenvalue weighted by Crippen LogP contribution is 2.28. The molecular formula is C23H24N2O2S. The van der Waals surface area contributed by atoms with Crippen LogP contribution in [0.3, 0.4) is 0 Å². The van der Waals surface area contributed by atoms with Gasteiger partial charge in [-0.1, -0.05) is 42.5 Å². The molecule has 2 amide bonds. The lowest BCUT2D eigenvalue weighted by Gasteiger charge is -2.30. The van der Waals surface area contributed by atoms with E-state index in [1.807, 2.05) is 85.5 Å². The van der Waals surface area contributed by atoms with Crippen LogP contribution >= 0.6 is 11.3 Å². The van der Waals surface area contributed by atoms with E-state index in [1.54, 1.807) is 0 Å². The van der Waals surface area contributed by atoms with Crippen LogP contribution in [0.1, 0.15) is 45.6 Å². The van der Waals surface area contributed by atoms with Crippen LogP contribution in [-0.4, -0.2) is 16.7 Å². The Morgan fingerprint density at radius 1 is 1.04 bits per heavy atom. The van der Waals surface area contributed by atoms with Gasteiger partial charge in [-0.25, -0.2) is 0 Å². The summed E-state index contributed by atoms with van der Waals surface area (Å²) in [7, 11) is 0. The number of thiophene rings is 1. The number of hydrogen-bond donors (Lipinski definition) is 1. The molecule has 0 aliphatic carbocycles. The Labute approximate surface area is 169 Å². The van der Waals surface area contributed by atoms with Crippen molar-refractivity contribution in [2.75, 3.05) is 5.32 Å². The van der Waals surface area contributed by atoms with Crippen molar-refractivity contribution in [3.8, 4) is 0 Å². The van der Waals surface area contributed by atoms with Gasteiger partial charge in [0, 0.05) is 24.0 Å². The fourth-order valence-electron chi connectivity index (χ4n) is 3.12. The summed E-state index contributed by atoms with van der Waals surface area (Å²) in [6, 6.07) is 21.4. The van der Waals surface area contributed by atoms with Crippen molar-refractivity contribution in [1.82, 2.24) is 4.90 Å². The summed E-state index contributed by atoms with van der Waals surface area (Å²) in [5.41, 5.74) is 2.79. The molecule has 0 aliphatic heterocycles. The summed E-state index contributed by atoms with van der Waals surface area (Å²) in [6.45, 7) is 6.03. The van der Waals surface area contributed by atoms with Crippen LogP contribution in [0.5, 0.6) is 0 Å². The van der Waals surface area contributed by atoms with E-state index < -0.39 is 0 Å². The molecule has 0 saturated heterocycles. The molecule has 1 N–H and O–H groups in total. The van der Waals surface area contributed by atoms with Crippen LogP contribution in [0.4, 0.5) is 5.69 Å². The SMILES string of the molecule is CC(=O)Nc1cccc(C(C)N(Cc2ccccc2)C(=O)c2ccc(C)s2)c1. The Bertz CT molecular complexity index is 965. The number of nitrogens with zero attached hydrogens (tertiary/aromatic N) is 1. The van der Waals surface area contributed by atoms with Crippen LogP contribution in [0, 0.1) is 6.92 Å². The van der Waals surface area contributed by atoms with Crippen LogP contribution in [0.25, 0.3) is 0 Å². The number of benzene rings is 2. The molecule has 5 heteroatoms. The van der Waals surface area contributed by atoms with Gasteiger partial charge in [-0.3, -0.25) is 9.59 Å². The first-order valence-corrected chi connectivity index (χ1v) is 10.0. The predicted octanol–water partition coefficient (Wildman–Crippen LogP) is 5.42. The lowest BCUT2D eigenvalue weighted by atomic mass is 10.0. The highest BCUT2D eigenvalue weighted by molar-refractivity contribution is 7.13. The highest BCUT2D eigenvalue weighted by atomic mass is 32.1. The summed E-state index contributed by atoms with van der Waals surface area (Å²) in [6.07, 6.45) is 0. The molecule has 0 fully saturated rings. The number of aryl methyl sites for hydroxylation is 1. The third-order valence-corrected chi connectivity index (χ3v) is 5.55. The quantitative estimate of drug-likeness (QED) is 0.609. The lowest BCUT2D eigenvalue weighted by Crippen LogP contribution is -2.32. The maximum absolute atomic E-state index is 13.3. The summed E-state index contributed by atoms with van der Waals surface area (Å²) in [5, 5.41) is 2.81. The van der Waals surface area contributed by atoms with Crippen LogP contribution in [0.15, 0.2) is 66.7 Å². The zero-order valence-electron chi connectivity index (χ0n) is 16.3. The topological polar surface area (TPSA) is 49.4 Å². The van der Waals surface area contributed by atoms with Crippen molar-refractivity contribution in [2.24, 2.45) is 0 Å². The van der Waals surface area contributed by atoms with Crippen LogP contribution in [-0.2, 0) is 11.3 Å². The van der Waals surface area contributed by atoms with Gasteiger partial charge in [-0.15, -0.1) is 11.3 Å². The second-order valence-electron chi connectivity index (χ2n) is 6.81. The van der Waals surface area contributed by atoms with Crippen LogP contribution in [0.2, 0.25) is 0 Å². The molecule has 144 valence electrons. The summed E-state index contributed by atoms with van der Waals surface area (Å²) >= 11 is 1.51. The minimum atomic E-state index is -0.149. The molecule has 3 aromatic rings. The third kappa shape index (κ3) is 4.87. The van der Waals surface area contributed by atoms with E-state index in [9.17, 15) is 9.59 Å². The van der Waals surface area contributed by atoms with E-state index >= 15 is 0 Å². The first-order chi connectivity index (χ1) is 13.4. The fourth-order valence-corrected chi connectivity index (χ4v) is 3.94. The van der Waals surface area contributed by atoms with E-state index in [1.165, 1.54) is 18.3 Å². The predicted molar refractivity (Wildman–Crippen MR) is 115 cm³/mol. The molecule has 28 heavy (non-hydrogen) atoms. The Morgan fingerprint density at radius 3 is 2.43 bits per heavy atom. The van der Waals surface area contributed by atoms with Gasteiger partial charge in [0.1, 0.15) is 0 Å². The molecule has 0 bridgehead atoms. The fraction of sp³-hybridized carbons (Fsp3) is 0.217. The van der Waals surface area contributed by atoms with Gasteiger partial charge in [0.25, 0.3) is 5.91 Å². The second kappa shape index (κ2) is 8.85. The maximum atomic E-state index is 13.3. The first kappa shape index (κ1) is 19.8. The maximum Gasteiger partial charge on any atom is 0.264 e. The molecule has 0 saturated carbocycles. The zero-order chi connectivity index (χ0) is 20.1. The molecule has 0 spiro atoms. The van der Waals surface area contributed by atoms with Crippen molar-refractivity contribution in [3.63, 3.8) is 0 Å². The average molecular weight is 393 g/mol. The number of carbonyl (C=O) groups is 2. The highest BCUT2D eigenvalue weighted by Gasteiger charge is 2.24. The molecule has 3 rings (SSSR count). The van der Waals surface area contributed by atoms with E-state index in [0.29, 0.717) is 6.54 Å². The summed E-state index contributed by atoms with van der Waals surface area (Å²) < 4.78 is 0. The standard InChI is InChI=1S/C23H24N2O2S/c1-16-12-13-22(28-16)23(27)25(15-19-8-5-4-6-9-19)17(2)20-10-7-11-21(14-20)24-18(3)26/h4-14,17H,15H2,1-3H3,(H,24,26). The van der Waals surface area contributed by atoms with Crippen molar-refractivity contribution < 1.29 is 9.59 Å². The smallest absolute Gasteiger partial charge is 0.264 e. The van der Waals surface area contributed by atoms with Gasteiger partial charge in [-0.2, -0.15) is 0 Å². The minimum Gasteiger partial charge on any atom is -0.327 e. The lowest BCUT2D eigenvalue weighted by molar-refractivity contribution is -0.114. The van der Waals surface area contributed by atoms with Crippen LogP contribution < -0.4 is 5.32 Å². The van der Waals surface area contributed by atoms with Crippen molar-refractivity contribution in [1.29, 1.82) is 0 Å². The molecule has 4 nitrogen and oxygen atoms in total. The molecule has 1 unspecified atom stereocenters. The van der Waals surface area contributed by atoms with Crippen molar-refractivity contribution in [2.45, 2.75) is 33.4 Å². The molecule has 1 aromatic heterocycles. The summed E-state index contributed by atoms with van der Waals surface area (Å²) in [5.74, 6) is -0.101. The van der Waals surface area contributed by atoms with Crippen molar-refractivity contribution >= 4 is 28.8 Å². The largest absolute Gasteiger partial charge is 0.327 e. The number of rotatable bonds is 6. The van der Waals surface area contributed by atoms with E-state index in [-0.39, 0.29) is 17.9 Å². The zero-order valence-corrected chi connectivity index (χ0v) is 17.1. The third-order valence-electron chi connectivity index (χ3n) is 4.56. The Balaban J connectivity index is 1.93. The number of amides is 2. The van der Waals surface area contributed by atoms with Gasteiger partial charge >= 0.3 is 0 Å². The molecule has 1 heterocycles. The normalized spacial score (nSPS) is 11.7. The summed E-state index contributed by atoms with van der Waals surface area (Å²) in [4.78, 5) is 28.4. The van der Waals surface area contributed by atoms with Gasteiger partial charge in [0.05, 0.1) is 10.9 Å². The number of carbonyl (C=O) groups excluding carboxylic acids is 2. The Morgan fingerprint density at radius 2 is 1.79 bits per heavy atom.